The zero-order valence-electron chi connectivity index (χ0n) is 25.7. The number of rotatable bonds is 6. The van der Waals surface area contributed by atoms with Crippen molar-refractivity contribution >= 4 is 11.8 Å². The lowest BCUT2D eigenvalue weighted by molar-refractivity contribution is 0.279. The molecule has 0 unspecified atom stereocenters. The average molecular weight is 577 g/mol. The molecular formula is C40H36N2O2. The van der Waals surface area contributed by atoms with Gasteiger partial charge in [0.15, 0.2) is 0 Å². The summed E-state index contributed by atoms with van der Waals surface area (Å²) in [7, 11) is 0. The summed E-state index contributed by atoms with van der Waals surface area (Å²) in [5, 5.41) is 0. The molecule has 2 aliphatic rings. The molecule has 0 spiro atoms. The summed E-state index contributed by atoms with van der Waals surface area (Å²) in [6.45, 7) is 9.58. The molecule has 0 aromatic heterocycles. The summed E-state index contributed by atoms with van der Waals surface area (Å²) in [6, 6.07) is 43.2. The van der Waals surface area contributed by atoms with Crippen LogP contribution in [0.15, 0.2) is 131 Å². The number of benzene rings is 5. The molecule has 4 nitrogen and oxygen atoms in total. The number of nitrogens with zero attached hydrogens (tertiary/aromatic N) is 2. The SMILES string of the molecule is CC1(C)COC(c2ccc(-c3cc(-c4ccc(-c5ccccc5)cc4)cc(-c4cccc(C5=NC(C)(C)CO5)c4)c3)cc2)=N1. The summed E-state index contributed by atoms with van der Waals surface area (Å²) < 4.78 is 11.9. The van der Waals surface area contributed by atoms with Crippen LogP contribution in [0.1, 0.15) is 38.8 Å². The van der Waals surface area contributed by atoms with Gasteiger partial charge in [-0.1, -0.05) is 78.9 Å². The zero-order chi connectivity index (χ0) is 30.3. The molecule has 2 aliphatic heterocycles. The largest absolute Gasteiger partial charge is 0.475 e. The van der Waals surface area contributed by atoms with Crippen molar-refractivity contribution < 1.29 is 9.47 Å². The first-order valence-corrected chi connectivity index (χ1v) is 15.2. The third-order valence-electron chi connectivity index (χ3n) is 8.10. The van der Waals surface area contributed by atoms with E-state index in [9.17, 15) is 0 Å². The van der Waals surface area contributed by atoms with Crippen molar-refractivity contribution in [1.29, 1.82) is 0 Å². The van der Waals surface area contributed by atoms with Crippen molar-refractivity contribution in [3.63, 3.8) is 0 Å². The normalized spacial score (nSPS) is 16.5. The highest BCUT2D eigenvalue weighted by molar-refractivity contribution is 5.97. The zero-order valence-corrected chi connectivity index (χ0v) is 25.7. The van der Waals surface area contributed by atoms with Gasteiger partial charge in [0.2, 0.25) is 11.8 Å². The van der Waals surface area contributed by atoms with Gasteiger partial charge in [-0.2, -0.15) is 0 Å². The molecule has 7 rings (SSSR count). The maximum atomic E-state index is 5.98. The van der Waals surface area contributed by atoms with Crippen LogP contribution in [0.4, 0.5) is 0 Å². The molecule has 0 saturated heterocycles. The molecule has 218 valence electrons. The van der Waals surface area contributed by atoms with Gasteiger partial charge in [-0.15, -0.1) is 0 Å². The number of hydrogen-bond donors (Lipinski definition) is 0. The van der Waals surface area contributed by atoms with Crippen LogP contribution in [0.2, 0.25) is 0 Å². The van der Waals surface area contributed by atoms with Crippen LogP contribution in [-0.4, -0.2) is 36.1 Å². The van der Waals surface area contributed by atoms with E-state index >= 15 is 0 Å². The van der Waals surface area contributed by atoms with E-state index in [1.165, 1.54) is 16.7 Å². The lowest BCUT2D eigenvalue weighted by atomic mass is 9.92. The maximum Gasteiger partial charge on any atom is 0.216 e. The Balaban J connectivity index is 1.29. The summed E-state index contributed by atoms with van der Waals surface area (Å²) in [6.07, 6.45) is 0. The molecule has 5 aromatic rings. The van der Waals surface area contributed by atoms with Gasteiger partial charge in [0, 0.05) is 11.1 Å². The molecule has 0 bridgehead atoms. The van der Waals surface area contributed by atoms with E-state index in [0.717, 1.165) is 38.9 Å². The summed E-state index contributed by atoms with van der Waals surface area (Å²) >= 11 is 0. The van der Waals surface area contributed by atoms with Crippen LogP contribution in [0.5, 0.6) is 0 Å². The Hall–Kier alpha value is -4.96. The fraction of sp³-hybridized carbons (Fsp3) is 0.200. The Labute approximate surface area is 259 Å². The van der Waals surface area contributed by atoms with E-state index in [-0.39, 0.29) is 11.1 Å². The standard InChI is InChI=1S/C40H36N2O2/c1-39(2)25-43-37(41-39)31-19-17-30(18-20-31)35-22-34(29-15-13-28(14-16-29)27-9-6-5-7-10-27)23-36(24-35)32-11-8-12-33(21-32)38-42-40(3,4)26-44-38/h5-24H,25-26H2,1-4H3. The third kappa shape index (κ3) is 5.80. The van der Waals surface area contributed by atoms with E-state index < -0.39 is 0 Å². The molecule has 0 amide bonds. The van der Waals surface area contributed by atoms with Crippen LogP contribution in [0.3, 0.4) is 0 Å². The predicted octanol–water partition coefficient (Wildman–Crippen LogP) is 9.47. The fourth-order valence-electron chi connectivity index (χ4n) is 5.71. The molecule has 0 N–H and O–H groups in total. The predicted molar refractivity (Wildman–Crippen MR) is 181 cm³/mol. The molecule has 0 radical (unpaired) electrons. The van der Waals surface area contributed by atoms with Gasteiger partial charge in [-0.25, -0.2) is 9.98 Å². The molecule has 2 heterocycles. The molecular weight excluding hydrogens is 540 g/mol. The van der Waals surface area contributed by atoms with E-state index in [0.29, 0.717) is 25.0 Å². The van der Waals surface area contributed by atoms with Crippen molar-refractivity contribution in [2.75, 3.05) is 13.2 Å². The maximum absolute atomic E-state index is 5.98. The number of ether oxygens (including phenoxy) is 2. The first kappa shape index (κ1) is 27.8. The Morgan fingerprint density at radius 1 is 0.386 bits per heavy atom. The number of aliphatic imine (C=N–C) groups is 2. The quantitative estimate of drug-likeness (QED) is 0.202. The van der Waals surface area contributed by atoms with Crippen molar-refractivity contribution in [2.45, 2.75) is 38.8 Å². The third-order valence-corrected chi connectivity index (χ3v) is 8.10. The molecule has 5 aromatic carbocycles. The van der Waals surface area contributed by atoms with E-state index in [2.05, 4.69) is 143 Å². The topological polar surface area (TPSA) is 43.2 Å². The monoisotopic (exact) mass is 576 g/mol. The van der Waals surface area contributed by atoms with E-state index in [1.54, 1.807) is 0 Å². The number of hydrogen-bond acceptors (Lipinski definition) is 4. The van der Waals surface area contributed by atoms with E-state index in [4.69, 9.17) is 19.5 Å². The van der Waals surface area contributed by atoms with Gasteiger partial charge >= 0.3 is 0 Å². The molecule has 44 heavy (non-hydrogen) atoms. The van der Waals surface area contributed by atoms with E-state index in [1.807, 2.05) is 6.07 Å². The molecule has 0 saturated carbocycles. The van der Waals surface area contributed by atoms with Crippen molar-refractivity contribution in [1.82, 2.24) is 0 Å². The van der Waals surface area contributed by atoms with Crippen LogP contribution >= 0.6 is 0 Å². The smallest absolute Gasteiger partial charge is 0.216 e. The lowest BCUT2D eigenvalue weighted by Gasteiger charge is -2.13. The second kappa shape index (κ2) is 10.9. The Kier molecular flexibility index (Phi) is 6.93. The Bertz CT molecular complexity index is 1880. The van der Waals surface area contributed by atoms with Gasteiger partial charge in [-0.05, 0) is 115 Å². The lowest BCUT2D eigenvalue weighted by Crippen LogP contribution is -2.17. The van der Waals surface area contributed by atoms with Gasteiger partial charge in [0.1, 0.15) is 13.2 Å². The highest BCUT2D eigenvalue weighted by atomic mass is 16.5. The summed E-state index contributed by atoms with van der Waals surface area (Å²) in [4.78, 5) is 9.57. The van der Waals surface area contributed by atoms with Crippen LogP contribution < -0.4 is 0 Å². The highest BCUT2D eigenvalue weighted by Crippen LogP contribution is 2.35. The van der Waals surface area contributed by atoms with Crippen molar-refractivity contribution in [3.05, 3.63) is 132 Å². The van der Waals surface area contributed by atoms with Crippen LogP contribution in [-0.2, 0) is 9.47 Å². The first-order chi connectivity index (χ1) is 21.2. The molecule has 0 aliphatic carbocycles. The fourth-order valence-corrected chi connectivity index (χ4v) is 5.71. The van der Waals surface area contributed by atoms with Crippen molar-refractivity contribution in [3.8, 4) is 44.5 Å². The second-order valence-corrected chi connectivity index (χ2v) is 12.9. The molecule has 0 fully saturated rings. The summed E-state index contributed by atoms with van der Waals surface area (Å²) in [5.41, 5.74) is 10.9. The van der Waals surface area contributed by atoms with Gasteiger partial charge in [-0.3, -0.25) is 0 Å². The minimum Gasteiger partial charge on any atom is -0.475 e. The van der Waals surface area contributed by atoms with Gasteiger partial charge in [0.05, 0.1) is 11.1 Å². The Morgan fingerprint density at radius 3 is 1.25 bits per heavy atom. The molecule has 4 heteroatoms. The van der Waals surface area contributed by atoms with Crippen LogP contribution in [0, 0.1) is 0 Å². The van der Waals surface area contributed by atoms with Gasteiger partial charge < -0.3 is 9.47 Å². The van der Waals surface area contributed by atoms with Crippen LogP contribution in [0.25, 0.3) is 44.5 Å². The first-order valence-electron chi connectivity index (χ1n) is 15.2. The molecule has 0 atom stereocenters. The average Bonchev–Trinajstić information content (AvgIpc) is 3.62. The second-order valence-electron chi connectivity index (χ2n) is 12.9. The van der Waals surface area contributed by atoms with Gasteiger partial charge in [0.25, 0.3) is 0 Å². The van der Waals surface area contributed by atoms with Crippen molar-refractivity contribution in [2.24, 2.45) is 9.98 Å². The minimum absolute atomic E-state index is 0.188. The summed E-state index contributed by atoms with van der Waals surface area (Å²) in [5.74, 6) is 1.42. The highest BCUT2D eigenvalue weighted by Gasteiger charge is 2.28. The Morgan fingerprint density at radius 2 is 0.750 bits per heavy atom. The minimum atomic E-state index is -0.207.